The molecule has 0 aromatic carbocycles. The lowest BCUT2D eigenvalue weighted by Crippen LogP contribution is -2.52. The van der Waals surface area contributed by atoms with Crippen LogP contribution in [0.5, 0.6) is 0 Å². The van der Waals surface area contributed by atoms with Crippen molar-refractivity contribution in [3.63, 3.8) is 0 Å². The summed E-state index contributed by atoms with van der Waals surface area (Å²) in [5.74, 6) is 0. The molecule has 0 radical (unpaired) electrons. The number of amides is 2. The van der Waals surface area contributed by atoms with Gasteiger partial charge in [-0.3, -0.25) is 4.79 Å². The summed E-state index contributed by atoms with van der Waals surface area (Å²) in [6.07, 6.45) is 2.17. The third-order valence-electron chi connectivity index (χ3n) is 2.81. The van der Waals surface area contributed by atoms with Gasteiger partial charge in [-0.2, -0.15) is 0 Å². The number of carbonyl (C=O) groups excluding carboxylic acids is 2. The number of ether oxygens (including phenoxy) is 1. The molecular formula is C12H22N2O3. The number of nitrogens with zero attached hydrogens (tertiary/aromatic N) is 1. The second-order valence-corrected chi connectivity index (χ2v) is 5.54. The van der Waals surface area contributed by atoms with Gasteiger partial charge in [0.1, 0.15) is 5.60 Å². The van der Waals surface area contributed by atoms with E-state index in [9.17, 15) is 9.59 Å². The molecule has 0 aromatic rings. The van der Waals surface area contributed by atoms with Crippen LogP contribution in [0.25, 0.3) is 0 Å². The highest BCUT2D eigenvalue weighted by Gasteiger charge is 2.31. The molecule has 1 heterocycles. The van der Waals surface area contributed by atoms with Gasteiger partial charge in [0, 0.05) is 18.6 Å². The highest BCUT2D eigenvalue weighted by molar-refractivity contribution is 5.68. The molecule has 2 unspecified atom stereocenters. The van der Waals surface area contributed by atoms with Gasteiger partial charge in [-0.05, 0) is 40.5 Å². The molecule has 0 aromatic heterocycles. The average Bonchev–Trinajstić information content (AvgIpc) is 2.18. The Balaban J connectivity index is 2.60. The lowest BCUT2D eigenvalue weighted by molar-refractivity contribution is -0.110. The quantitative estimate of drug-likeness (QED) is 0.747. The van der Waals surface area contributed by atoms with Gasteiger partial charge in [-0.1, -0.05) is 0 Å². The Morgan fingerprint density at radius 2 is 2.06 bits per heavy atom. The minimum absolute atomic E-state index is 0.0382. The van der Waals surface area contributed by atoms with Gasteiger partial charge >= 0.3 is 6.09 Å². The molecule has 0 saturated carbocycles. The van der Waals surface area contributed by atoms with Crippen molar-refractivity contribution in [1.82, 2.24) is 10.2 Å². The third-order valence-corrected chi connectivity index (χ3v) is 2.81. The number of rotatable bonds is 2. The van der Waals surface area contributed by atoms with Gasteiger partial charge in [0.2, 0.25) is 6.41 Å². The predicted molar refractivity (Wildman–Crippen MR) is 64.6 cm³/mol. The fourth-order valence-electron chi connectivity index (χ4n) is 1.91. The zero-order valence-electron chi connectivity index (χ0n) is 11.0. The van der Waals surface area contributed by atoms with Crippen molar-refractivity contribution in [3.05, 3.63) is 0 Å². The number of nitrogens with one attached hydrogen (secondary N) is 1. The standard InChI is InChI=1S/C12H22N2O3/c1-9-5-6-10(13-8-15)7-14(9)11(16)17-12(2,3)4/h8-10H,5-7H2,1-4H3,(H,13,15). The summed E-state index contributed by atoms with van der Waals surface area (Å²) in [6, 6.07) is 0.200. The van der Waals surface area contributed by atoms with E-state index in [0.717, 1.165) is 12.8 Å². The summed E-state index contributed by atoms with van der Waals surface area (Å²) in [6.45, 7) is 8.07. The number of piperidine rings is 1. The second-order valence-electron chi connectivity index (χ2n) is 5.54. The number of hydrogen-bond acceptors (Lipinski definition) is 3. The smallest absolute Gasteiger partial charge is 0.410 e. The number of likely N-dealkylation sites (tertiary alicyclic amines) is 1. The molecule has 5 nitrogen and oxygen atoms in total. The maximum Gasteiger partial charge on any atom is 0.410 e. The van der Waals surface area contributed by atoms with Crippen LogP contribution >= 0.6 is 0 Å². The van der Waals surface area contributed by atoms with E-state index in [1.165, 1.54) is 0 Å². The van der Waals surface area contributed by atoms with Crippen molar-refractivity contribution in [2.75, 3.05) is 6.54 Å². The highest BCUT2D eigenvalue weighted by Crippen LogP contribution is 2.20. The predicted octanol–water partition coefficient (Wildman–Crippen LogP) is 1.52. The first kappa shape index (κ1) is 13.8. The molecule has 0 bridgehead atoms. The van der Waals surface area contributed by atoms with Crippen LogP contribution in [-0.4, -0.2) is 41.6 Å². The highest BCUT2D eigenvalue weighted by atomic mass is 16.6. The Bertz CT molecular complexity index is 286. The van der Waals surface area contributed by atoms with E-state index in [-0.39, 0.29) is 18.2 Å². The summed E-state index contributed by atoms with van der Waals surface area (Å²) < 4.78 is 5.34. The molecule has 5 heteroatoms. The molecule has 1 aliphatic rings. The first-order chi connectivity index (χ1) is 7.83. The van der Waals surface area contributed by atoms with E-state index in [4.69, 9.17) is 4.74 Å². The van der Waals surface area contributed by atoms with Crippen molar-refractivity contribution < 1.29 is 14.3 Å². The Morgan fingerprint density at radius 3 is 2.59 bits per heavy atom. The van der Waals surface area contributed by atoms with E-state index in [2.05, 4.69) is 5.32 Å². The zero-order chi connectivity index (χ0) is 13.1. The van der Waals surface area contributed by atoms with Crippen molar-refractivity contribution >= 4 is 12.5 Å². The number of hydrogen-bond donors (Lipinski definition) is 1. The Labute approximate surface area is 102 Å². The molecule has 1 N–H and O–H groups in total. The van der Waals surface area contributed by atoms with Crippen LogP contribution in [-0.2, 0) is 9.53 Å². The van der Waals surface area contributed by atoms with E-state index in [1.54, 1.807) is 4.90 Å². The molecule has 1 fully saturated rings. The lowest BCUT2D eigenvalue weighted by Gasteiger charge is -2.38. The molecule has 0 spiro atoms. The van der Waals surface area contributed by atoms with Crippen LogP contribution in [0.3, 0.4) is 0 Å². The molecule has 0 aliphatic carbocycles. The number of carbonyl (C=O) groups is 2. The third kappa shape index (κ3) is 4.24. The average molecular weight is 242 g/mol. The summed E-state index contributed by atoms with van der Waals surface area (Å²) in [4.78, 5) is 24.1. The van der Waals surface area contributed by atoms with Gasteiger partial charge < -0.3 is 15.0 Å². The van der Waals surface area contributed by atoms with E-state index in [0.29, 0.717) is 13.0 Å². The molecule has 2 atom stereocenters. The second kappa shape index (κ2) is 5.38. The van der Waals surface area contributed by atoms with Crippen LogP contribution in [0, 0.1) is 0 Å². The molecule has 2 amide bonds. The van der Waals surface area contributed by atoms with E-state index in [1.807, 2.05) is 27.7 Å². The van der Waals surface area contributed by atoms with Gasteiger partial charge in [0.05, 0.1) is 0 Å². The van der Waals surface area contributed by atoms with Gasteiger partial charge in [0.15, 0.2) is 0 Å². The first-order valence-corrected chi connectivity index (χ1v) is 6.03. The summed E-state index contributed by atoms with van der Waals surface area (Å²) >= 11 is 0. The summed E-state index contributed by atoms with van der Waals surface area (Å²) in [7, 11) is 0. The van der Waals surface area contributed by atoms with Crippen LogP contribution in [0.15, 0.2) is 0 Å². The minimum Gasteiger partial charge on any atom is -0.444 e. The summed E-state index contributed by atoms with van der Waals surface area (Å²) in [5.41, 5.74) is -0.484. The Hall–Kier alpha value is -1.26. The topological polar surface area (TPSA) is 58.6 Å². The van der Waals surface area contributed by atoms with Crippen LogP contribution in [0.1, 0.15) is 40.5 Å². The Morgan fingerprint density at radius 1 is 1.41 bits per heavy atom. The van der Waals surface area contributed by atoms with Crippen molar-refractivity contribution in [2.45, 2.75) is 58.2 Å². The minimum atomic E-state index is -0.484. The van der Waals surface area contributed by atoms with Crippen LogP contribution in [0.2, 0.25) is 0 Å². The summed E-state index contributed by atoms with van der Waals surface area (Å²) in [5, 5.41) is 2.72. The van der Waals surface area contributed by atoms with Crippen LogP contribution < -0.4 is 5.32 Å². The van der Waals surface area contributed by atoms with Gasteiger partial charge in [-0.25, -0.2) is 4.79 Å². The molecule has 17 heavy (non-hydrogen) atoms. The fraction of sp³-hybridized carbons (Fsp3) is 0.833. The first-order valence-electron chi connectivity index (χ1n) is 6.03. The normalized spacial score (nSPS) is 25.3. The van der Waals surface area contributed by atoms with Crippen molar-refractivity contribution in [1.29, 1.82) is 0 Å². The molecule has 98 valence electrons. The fourth-order valence-corrected chi connectivity index (χ4v) is 1.91. The zero-order valence-corrected chi connectivity index (χ0v) is 11.0. The Kier molecular flexibility index (Phi) is 4.37. The molecule has 1 rings (SSSR count). The van der Waals surface area contributed by atoms with Crippen LogP contribution in [0.4, 0.5) is 4.79 Å². The lowest BCUT2D eigenvalue weighted by atomic mass is 10.00. The molecule has 1 saturated heterocycles. The maximum atomic E-state index is 12.0. The van der Waals surface area contributed by atoms with E-state index < -0.39 is 5.60 Å². The van der Waals surface area contributed by atoms with E-state index >= 15 is 0 Å². The molecule has 1 aliphatic heterocycles. The SMILES string of the molecule is CC1CCC(NC=O)CN1C(=O)OC(C)(C)C. The van der Waals surface area contributed by atoms with Gasteiger partial charge in [-0.15, -0.1) is 0 Å². The largest absolute Gasteiger partial charge is 0.444 e. The van der Waals surface area contributed by atoms with Crippen molar-refractivity contribution in [3.8, 4) is 0 Å². The van der Waals surface area contributed by atoms with Gasteiger partial charge in [0.25, 0.3) is 0 Å². The monoisotopic (exact) mass is 242 g/mol. The maximum absolute atomic E-state index is 12.0. The molecular weight excluding hydrogens is 220 g/mol. The van der Waals surface area contributed by atoms with Crippen molar-refractivity contribution in [2.24, 2.45) is 0 Å².